The van der Waals surface area contributed by atoms with E-state index in [2.05, 4.69) is 40.1 Å². The number of hydrogen-bond donors (Lipinski definition) is 1. The Bertz CT molecular complexity index is 114. The molecule has 0 bridgehead atoms. The minimum Gasteiger partial charge on any atom is -0.317 e. The molecule has 0 aliphatic heterocycles. The average molecular weight is 199 g/mol. The SMILES string of the molecule is CCCC(CCC)C(CC(C)C)NC. The molecule has 0 rings (SSSR count). The lowest BCUT2D eigenvalue weighted by molar-refractivity contribution is 0.286. The van der Waals surface area contributed by atoms with Crippen LogP contribution >= 0.6 is 0 Å². The summed E-state index contributed by atoms with van der Waals surface area (Å²) in [4.78, 5) is 0. The van der Waals surface area contributed by atoms with E-state index in [-0.39, 0.29) is 0 Å². The van der Waals surface area contributed by atoms with Crippen molar-refractivity contribution in [1.82, 2.24) is 5.32 Å². The zero-order valence-corrected chi connectivity index (χ0v) is 10.8. The first-order chi connectivity index (χ1) is 6.65. The van der Waals surface area contributed by atoms with E-state index in [1.165, 1.54) is 32.1 Å². The van der Waals surface area contributed by atoms with Crippen LogP contribution in [0.3, 0.4) is 0 Å². The summed E-state index contributed by atoms with van der Waals surface area (Å²) in [6.07, 6.45) is 6.72. The molecule has 86 valence electrons. The molecule has 0 spiro atoms. The fourth-order valence-electron chi connectivity index (χ4n) is 2.34. The normalized spacial score (nSPS) is 13.9. The van der Waals surface area contributed by atoms with E-state index in [1.54, 1.807) is 0 Å². The van der Waals surface area contributed by atoms with E-state index >= 15 is 0 Å². The fraction of sp³-hybridized carbons (Fsp3) is 1.00. The second-order valence-corrected chi connectivity index (χ2v) is 4.86. The summed E-state index contributed by atoms with van der Waals surface area (Å²) < 4.78 is 0. The van der Waals surface area contributed by atoms with E-state index in [9.17, 15) is 0 Å². The highest BCUT2D eigenvalue weighted by molar-refractivity contribution is 4.75. The molecule has 1 atom stereocenters. The molecule has 0 radical (unpaired) electrons. The molecular formula is C13H29N. The van der Waals surface area contributed by atoms with E-state index in [1.807, 2.05) is 0 Å². The summed E-state index contributed by atoms with van der Waals surface area (Å²) in [5.41, 5.74) is 0. The Morgan fingerprint density at radius 3 is 1.79 bits per heavy atom. The van der Waals surface area contributed by atoms with Gasteiger partial charge in [0.1, 0.15) is 0 Å². The Morgan fingerprint density at radius 2 is 1.50 bits per heavy atom. The Balaban J connectivity index is 4.10. The molecule has 0 aliphatic carbocycles. The van der Waals surface area contributed by atoms with E-state index < -0.39 is 0 Å². The van der Waals surface area contributed by atoms with Gasteiger partial charge in [-0.3, -0.25) is 0 Å². The van der Waals surface area contributed by atoms with Gasteiger partial charge in [0.15, 0.2) is 0 Å². The molecule has 0 aromatic rings. The molecule has 14 heavy (non-hydrogen) atoms. The van der Waals surface area contributed by atoms with Crippen molar-refractivity contribution in [3.05, 3.63) is 0 Å². The van der Waals surface area contributed by atoms with Gasteiger partial charge >= 0.3 is 0 Å². The molecule has 1 N–H and O–H groups in total. The average Bonchev–Trinajstić information content (AvgIpc) is 2.13. The van der Waals surface area contributed by atoms with Crippen LogP contribution in [0.5, 0.6) is 0 Å². The molecule has 0 fully saturated rings. The first-order valence-corrected chi connectivity index (χ1v) is 6.32. The van der Waals surface area contributed by atoms with Crippen LogP contribution in [0.15, 0.2) is 0 Å². The summed E-state index contributed by atoms with van der Waals surface area (Å²) in [6.45, 7) is 9.23. The third-order valence-electron chi connectivity index (χ3n) is 2.98. The molecular weight excluding hydrogens is 170 g/mol. The van der Waals surface area contributed by atoms with Crippen molar-refractivity contribution >= 4 is 0 Å². The summed E-state index contributed by atoms with van der Waals surface area (Å²) >= 11 is 0. The van der Waals surface area contributed by atoms with Gasteiger partial charge in [-0.1, -0.05) is 40.5 Å². The van der Waals surface area contributed by atoms with Crippen LogP contribution in [-0.4, -0.2) is 13.1 Å². The molecule has 1 heteroatoms. The van der Waals surface area contributed by atoms with Gasteiger partial charge in [-0.25, -0.2) is 0 Å². The van der Waals surface area contributed by atoms with Crippen molar-refractivity contribution in [3.63, 3.8) is 0 Å². The van der Waals surface area contributed by atoms with Gasteiger partial charge in [0, 0.05) is 6.04 Å². The van der Waals surface area contributed by atoms with E-state index in [0.29, 0.717) is 0 Å². The second-order valence-electron chi connectivity index (χ2n) is 4.86. The predicted octanol–water partition coefficient (Wildman–Crippen LogP) is 3.84. The quantitative estimate of drug-likeness (QED) is 0.626. The minimum atomic E-state index is 0.731. The molecule has 0 aliphatic rings. The maximum absolute atomic E-state index is 3.50. The Labute approximate surface area is 90.7 Å². The van der Waals surface area contributed by atoms with Crippen molar-refractivity contribution in [2.75, 3.05) is 7.05 Å². The van der Waals surface area contributed by atoms with Crippen LogP contribution < -0.4 is 5.32 Å². The van der Waals surface area contributed by atoms with Gasteiger partial charge in [-0.2, -0.15) is 0 Å². The van der Waals surface area contributed by atoms with Crippen molar-refractivity contribution in [3.8, 4) is 0 Å². The van der Waals surface area contributed by atoms with Crippen molar-refractivity contribution in [1.29, 1.82) is 0 Å². The summed E-state index contributed by atoms with van der Waals surface area (Å²) in [6, 6.07) is 0.731. The highest BCUT2D eigenvalue weighted by Gasteiger charge is 2.19. The lowest BCUT2D eigenvalue weighted by Gasteiger charge is -2.28. The van der Waals surface area contributed by atoms with Crippen LogP contribution in [0.4, 0.5) is 0 Å². The van der Waals surface area contributed by atoms with Crippen molar-refractivity contribution < 1.29 is 0 Å². The Morgan fingerprint density at radius 1 is 1.00 bits per heavy atom. The zero-order valence-electron chi connectivity index (χ0n) is 10.8. The maximum atomic E-state index is 3.50. The smallest absolute Gasteiger partial charge is 0.00947 e. The third-order valence-corrected chi connectivity index (χ3v) is 2.98. The van der Waals surface area contributed by atoms with Gasteiger partial charge in [0.25, 0.3) is 0 Å². The van der Waals surface area contributed by atoms with Crippen LogP contribution in [0, 0.1) is 11.8 Å². The fourth-order valence-corrected chi connectivity index (χ4v) is 2.34. The van der Waals surface area contributed by atoms with Gasteiger partial charge in [0.05, 0.1) is 0 Å². The van der Waals surface area contributed by atoms with Crippen molar-refractivity contribution in [2.24, 2.45) is 11.8 Å². The van der Waals surface area contributed by atoms with E-state index in [4.69, 9.17) is 0 Å². The largest absolute Gasteiger partial charge is 0.317 e. The highest BCUT2D eigenvalue weighted by atomic mass is 14.9. The van der Waals surface area contributed by atoms with Crippen LogP contribution in [0.2, 0.25) is 0 Å². The molecule has 0 heterocycles. The maximum Gasteiger partial charge on any atom is 0.00947 e. The molecule has 0 saturated carbocycles. The lowest BCUT2D eigenvalue weighted by Crippen LogP contribution is -2.34. The summed E-state index contributed by atoms with van der Waals surface area (Å²) in [5, 5.41) is 3.50. The predicted molar refractivity (Wildman–Crippen MR) is 65.6 cm³/mol. The lowest BCUT2D eigenvalue weighted by atomic mass is 9.86. The standard InChI is InChI=1S/C13H29N/c1-6-8-12(9-7-2)13(14-5)10-11(3)4/h11-14H,6-10H2,1-5H3. The zero-order chi connectivity index (χ0) is 11.0. The number of hydrogen-bond acceptors (Lipinski definition) is 1. The van der Waals surface area contributed by atoms with Gasteiger partial charge in [-0.05, 0) is 38.1 Å². The Kier molecular flexibility index (Phi) is 8.26. The molecule has 1 nitrogen and oxygen atoms in total. The third kappa shape index (κ3) is 5.64. The molecule has 0 aromatic carbocycles. The van der Waals surface area contributed by atoms with Gasteiger partial charge < -0.3 is 5.32 Å². The first kappa shape index (κ1) is 14.0. The Hall–Kier alpha value is -0.0400. The molecule has 1 unspecified atom stereocenters. The summed E-state index contributed by atoms with van der Waals surface area (Å²) in [5.74, 6) is 1.70. The van der Waals surface area contributed by atoms with Gasteiger partial charge in [-0.15, -0.1) is 0 Å². The number of nitrogens with one attached hydrogen (secondary N) is 1. The highest BCUT2D eigenvalue weighted by Crippen LogP contribution is 2.22. The van der Waals surface area contributed by atoms with E-state index in [0.717, 1.165) is 17.9 Å². The van der Waals surface area contributed by atoms with Crippen LogP contribution in [0.1, 0.15) is 59.8 Å². The minimum absolute atomic E-state index is 0.731. The van der Waals surface area contributed by atoms with Crippen LogP contribution in [-0.2, 0) is 0 Å². The van der Waals surface area contributed by atoms with Gasteiger partial charge in [0.2, 0.25) is 0 Å². The topological polar surface area (TPSA) is 12.0 Å². The monoisotopic (exact) mass is 199 g/mol. The summed E-state index contributed by atoms with van der Waals surface area (Å²) in [7, 11) is 2.12. The second kappa shape index (κ2) is 8.28. The first-order valence-electron chi connectivity index (χ1n) is 6.32. The van der Waals surface area contributed by atoms with Crippen LogP contribution in [0.25, 0.3) is 0 Å². The molecule has 0 aromatic heterocycles. The molecule has 0 amide bonds. The van der Waals surface area contributed by atoms with Crippen molar-refractivity contribution in [2.45, 2.75) is 65.8 Å². The molecule has 0 saturated heterocycles. The number of rotatable bonds is 8.